The molecule has 1 aliphatic heterocycles. The second-order valence-electron chi connectivity index (χ2n) is 5.06. The minimum absolute atomic E-state index is 0.0417. The van der Waals surface area contributed by atoms with Crippen molar-refractivity contribution in [1.29, 1.82) is 0 Å². The van der Waals surface area contributed by atoms with E-state index < -0.39 is 5.97 Å². The van der Waals surface area contributed by atoms with Gasteiger partial charge in [-0.05, 0) is 6.42 Å². The number of aromatic amines is 1. The fourth-order valence-corrected chi connectivity index (χ4v) is 2.44. The third kappa shape index (κ3) is 3.57. The Labute approximate surface area is 117 Å². The van der Waals surface area contributed by atoms with Crippen LogP contribution in [0.1, 0.15) is 37.6 Å². The lowest BCUT2D eigenvalue weighted by molar-refractivity contribution is -0.137. The van der Waals surface area contributed by atoms with Gasteiger partial charge in [0.15, 0.2) is 0 Å². The maximum atomic E-state index is 12.2. The first-order chi connectivity index (χ1) is 9.60. The number of hydrogen-bond donors (Lipinski definition) is 4. The van der Waals surface area contributed by atoms with Crippen molar-refractivity contribution in [2.45, 2.75) is 51.2 Å². The Bertz CT molecular complexity index is 486. The van der Waals surface area contributed by atoms with Gasteiger partial charge in [-0.15, -0.1) is 0 Å². The number of carbonyl (C=O) groups excluding carboxylic acids is 1. The van der Waals surface area contributed by atoms with E-state index in [-0.39, 0.29) is 24.4 Å². The summed E-state index contributed by atoms with van der Waals surface area (Å²) in [5.41, 5.74) is 1.90. The summed E-state index contributed by atoms with van der Waals surface area (Å²) in [4.78, 5) is 30.2. The summed E-state index contributed by atoms with van der Waals surface area (Å²) in [7, 11) is 0. The molecule has 2 unspecified atom stereocenters. The number of amides is 1. The number of nitrogens with one attached hydrogen (secondary N) is 3. The Morgan fingerprint density at radius 1 is 1.60 bits per heavy atom. The van der Waals surface area contributed by atoms with Crippen LogP contribution in [0.15, 0.2) is 6.33 Å². The Morgan fingerprint density at radius 2 is 2.40 bits per heavy atom. The molecule has 1 aliphatic rings. The van der Waals surface area contributed by atoms with Crippen LogP contribution in [0.3, 0.4) is 0 Å². The summed E-state index contributed by atoms with van der Waals surface area (Å²) in [6.07, 6.45) is 3.60. The molecule has 0 aliphatic carbocycles. The van der Waals surface area contributed by atoms with E-state index in [1.807, 2.05) is 6.92 Å². The highest BCUT2D eigenvalue weighted by Crippen LogP contribution is 2.13. The lowest BCUT2D eigenvalue weighted by Crippen LogP contribution is -2.50. The van der Waals surface area contributed by atoms with Crippen LogP contribution in [0.4, 0.5) is 0 Å². The number of aromatic nitrogens is 2. The fourth-order valence-electron chi connectivity index (χ4n) is 2.44. The number of fused-ring (bicyclic) bond motifs is 1. The number of carboxylic acid groups (broad SMARTS) is 1. The largest absolute Gasteiger partial charge is 0.481 e. The van der Waals surface area contributed by atoms with Crippen molar-refractivity contribution in [3.05, 3.63) is 17.7 Å². The highest BCUT2D eigenvalue weighted by Gasteiger charge is 2.27. The van der Waals surface area contributed by atoms with Crippen molar-refractivity contribution < 1.29 is 14.7 Å². The van der Waals surface area contributed by atoms with E-state index in [1.54, 1.807) is 6.33 Å². The number of carboxylic acids is 1. The van der Waals surface area contributed by atoms with E-state index >= 15 is 0 Å². The van der Waals surface area contributed by atoms with Crippen LogP contribution in [-0.2, 0) is 22.6 Å². The minimum Gasteiger partial charge on any atom is -0.481 e. The lowest BCUT2D eigenvalue weighted by Gasteiger charge is -2.25. The highest BCUT2D eigenvalue weighted by molar-refractivity contribution is 5.83. The van der Waals surface area contributed by atoms with Crippen molar-refractivity contribution in [2.24, 2.45) is 0 Å². The highest BCUT2D eigenvalue weighted by atomic mass is 16.4. The first-order valence-corrected chi connectivity index (χ1v) is 6.86. The molecule has 2 heterocycles. The SMILES string of the molecule is CCCC(CC(=O)O)NC(=O)C1Cc2nc[nH]c2CN1. The van der Waals surface area contributed by atoms with Gasteiger partial charge in [0.25, 0.3) is 0 Å². The van der Waals surface area contributed by atoms with Gasteiger partial charge in [-0.25, -0.2) is 4.98 Å². The molecule has 4 N–H and O–H groups in total. The van der Waals surface area contributed by atoms with Crippen LogP contribution < -0.4 is 10.6 Å². The molecule has 0 fully saturated rings. The minimum atomic E-state index is -0.894. The molecule has 1 amide bonds. The summed E-state index contributed by atoms with van der Waals surface area (Å²) in [6, 6.07) is -0.661. The fraction of sp³-hybridized carbons (Fsp3) is 0.615. The summed E-state index contributed by atoms with van der Waals surface area (Å²) < 4.78 is 0. The lowest BCUT2D eigenvalue weighted by atomic mass is 10.0. The normalized spacial score (nSPS) is 19.1. The van der Waals surface area contributed by atoms with Gasteiger partial charge in [0.2, 0.25) is 5.91 Å². The van der Waals surface area contributed by atoms with E-state index in [9.17, 15) is 9.59 Å². The van der Waals surface area contributed by atoms with Gasteiger partial charge in [0.1, 0.15) is 0 Å². The number of imidazole rings is 1. The smallest absolute Gasteiger partial charge is 0.305 e. The Morgan fingerprint density at radius 3 is 3.10 bits per heavy atom. The van der Waals surface area contributed by atoms with E-state index in [2.05, 4.69) is 20.6 Å². The summed E-state index contributed by atoms with van der Waals surface area (Å²) >= 11 is 0. The predicted octanol–water partition coefficient (Wildman–Crippen LogP) is 0.184. The van der Waals surface area contributed by atoms with Crippen molar-refractivity contribution >= 4 is 11.9 Å². The van der Waals surface area contributed by atoms with Crippen molar-refractivity contribution in [3.8, 4) is 0 Å². The summed E-state index contributed by atoms with van der Waals surface area (Å²) in [6.45, 7) is 2.54. The Hall–Kier alpha value is -1.89. The van der Waals surface area contributed by atoms with Crippen LogP contribution in [0, 0.1) is 0 Å². The van der Waals surface area contributed by atoms with Crippen LogP contribution in [0.25, 0.3) is 0 Å². The quantitative estimate of drug-likeness (QED) is 0.595. The monoisotopic (exact) mass is 280 g/mol. The van der Waals surface area contributed by atoms with Crippen molar-refractivity contribution in [1.82, 2.24) is 20.6 Å². The summed E-state index contributed by atoms with van der Waals surface area (Å²) in [5, 5.41) is 14.8. The van der Waals surface area contributed by atoms with Crippen LogP contribution >= 0.6 is 0 Å². The van der Waals surface area contributed by atoms with Gasteiger partial charge < -0.3 is 15.4 Å². The average Bonchev–Trinajstić information content (AvgIpc) is 2.85. The maximum absolute atomic E-state index is 12.2. The number of H-pyrrole nitrogens is 1. The third-order valence-corrected chi connectivity index (χ3v) is 3.45. The van der Waals surface area contributed by atoms with Crippen molar-refractivity contribution in [3.63, 3.8) is 0 Å². The van der Waals surface area contributed by atoms with Gasteiger partial charge in [-0.2, -0.15) is 0 Å². The Balaban J connectivity index is 1.92. The zero-order valence-electron chi connectivity index (χ0n) is 11.5. The van der Waals surface area contributed by atoms with Gasteiger partial charge in [-0.3, -0.25) is 14.9 Å². The molecule has 0 aromatic carbocycles. The molecule has 7 nitrogen and oxygen atoms in total. The zero-order chi connectivity index (χ0) is 14.5. The molecular weight excluding hydrogens is 260 g/mol. The number of hydrogen-bond acceptors (Lipinski definition) is 4. The van der Waals surface area contributed by atoms with E-state index in [1.165, 1.54) is 0 Å². The third-order valence-electron chi connectivity index (χ3n) is 3.45. The molecule has 110 valence electrons. The molecule has 1 aromatic heterocycles. The molecular formula is C13H20N4O3. The van der Waals surface area contributed by atoms with Gasteiger partial charge in [-0.1, -0.05) is 13.3 Å². The number of nitrogens with zero attached hydrogens (tertiary/aromatic N) is 1. The molecule has 1 aromatic rings. The van der Waals surface area contributed by atoms with Gasteiger partial charge in [0.05, 0.1) is 30.2 Å². The molecule has 0 saturated carbocycles. The molecule has 20 heavy (non-hydrogen) atoms. The van der Waals surface area contributed by atoms with Gasteiger partial charge in [0, 0.05) is 19.0 Å². The van der Waals surface area contributed by atoms with Crippen LogP contribution in [-0.4, -0.2) is 39.0 Å². The second-order valence-corrected chi connectivity index (χ2v) is 5.06. The van der Waals surface area contributed by atoms with E-state index in [0.717, 1.165) is 17.8 Å². The molecule has 2 atom stereocenters. The zero-order valence-corrected chi connectivity index (χ0v) is 11.5. The van der Waals surface area contributed by atoms with Gasteiger partial charge >= 0.3 is 5.97 Å². The topological polar surface area (TPSA) is 107 Å². The molecule has 0 saturated heterocycles. The standard InChI is InChI=1S/C13H20N4O3/c1-2-3-8(4-12(18)19)17-13(20)10-5-9-11(6-14-10)16-7-15-9/h7-8,10,14H,2-6H2,1H3,(H,15,16)(H,17,20)(H,18,19). The first-order valence-electron chi connectivity index (χ1n) is 6.86. The molecule has 0 spiro atoms. The van der Waals surface area contributed by atoms with E-state index in [0.29, 0.717) is 19.4 Å². The summed E-state index contributed by atoms with van der Waals surface area (Å²) in [5.74, 6) is -1.05. The maximum Gasteiger partial charge on any atom is 0.305 e. The first kappa shape index (κ1) is 14.5. The molecule has 7 heteroatoms. The number of carbonyl (C=O) groups is 2. The molecule has 2 rings (SSSR count). The predicted molar refractivity (Wildman–Crippen MR) is 72.0 cm³/mol. The number of aliphatic carboxylic acids is 1. The second kappa shape index (κ2) is 6.51. The number of rotatable bonds is 6. The Kier molecular flexibility index (Phi) is 4.73. The van der Waals surface area contributed by atoms with Crippen LogP contribution in [0.5, 0.6) is 0 Å². The van der Waals surface area contributed by atoms with E-state index in [4.69, 9.17) is 5.11 Å². The molecule has 0 bridgehead atoms. The molecule has 0 radical (unpaired) electrons. The van der Waals surface area contributed by atoms with Crippen LogP contribution in [0.2, 0.25) is 0 Å². The van der Waals surface area contributed by atoms with Crippen molar-refractivity contribution in [2.75, 3.05) is 0 Å². The average molecular weight is 280 g/mol.